The van der Waals surface area contributed by atoms with Crippen molar-refractivity contribution < 1.29 is 9.59 Å². The molecule has 0 unspecified atom stereocenters. The molecule has 0 spiro atoms. The summed E-state index contributed by atoms with van der Waals surface area (Å²) >= 11 is 2.97. The number of anilines is 1. The van der Waals surface area contributed by atoms with Gasteiger partial charge in [0.05, 0.1) is 12.2 Å². The van der Waals surface area contributed by atoms with Crippen LogP contribution >= 0.6 is 23.1 Å². The molecule has 2 fully saturated rings. The summed E-state index contributed by atoms with van der Waals surface area (Å²) in [4.78, 5) is 28.9. The average Bonchev–Trinajstić information content (AvgIpc) is 3.44. The van der Waals surface area contributed by atoms with Crippen molar-refractivity contribution in [1.82, 2.24) is 20.4 Å². The Kier molecular flexibility index (Phi) is 7.45. The predicted molar refractivity (Wildman–Crippen MR) is 125 cm³/mol. The van der Waals surface area contributed by atoms with E-state index in [2.05, 4.69) is 26.5 Å². The van der Waals surface area contributed by atoms with E-state index >= 15 is 0 Å². The zero-order valence-corrected chi connectivity index (χ0v) is 19.5. The zero-order chi connectivity index (χ0) is 21.6. The van der Waals surface area contributed by atoms with Gasteiger partial charge in [-0.2, -0.15) is 0 Å². The minimum absolute atomic E-state index is 0.0781. The Balaban J connectivity index is 1.21. The molecule has 1 saturated heterocycles. The molecule has 1 saturated carbocycles. The standard InChI is InChI=1S/C22H29N5O2S2/c1-16-5-4-6-17(13-16)14-20(29)26-9-11-27(12-10-26)21-24-25-22(31-21)30-15-19(28)23-18-7-2-3-8-18/h4-6,13,18H,2-3,7-12,14-15H2,1H3,(H,23,28). The maximum atomic E-state index is 12.6. The molecule has 9 heteroatoms. The lowest BCUT2D eigenvalue weighted by Crippen LogP contribution is -2.49. The van der Waals surface area contributed by atoms with Gasteiger partial charge in [-0.15, -0.1) is 10.2 Å². The molecule has 2 aliphatic rings. The molecule has 2 heterocycles. The third-order valence-corrected chi connectivity index (χ3v) is 7.90. The van der Waals surface area contributed by atoms with E-state index in [0.717, 1.165) is 41.0 Å². The SMILES string of the molecule is Cc1cccc(CC(=O)N2CCN(c3nnc(SCC(=O)NC4CCCC4)s3)CC2)c1. The molecule has 2 amide bonds. The number of rotatable bonds is 7. The van der Waals surface area contributed by atoms with Gasteiger partial charge in [0.25, 0.3) is 0 Å². The fourth-order valence-electron chi connectivity index (χ4n) is 4.11. The molecular weight excluding hydrogens is 430 g/mol. The maximum absolute atomic E-state index is 12.6. The van der Waals surface area contributed by atoms with Crippen molar-refractivity contribution in [2.45, 2.75) is 49.4 Å². The quantitative estimate of drug-likeness (QED) is 0.642. The number of aryl methyl sites for hydroxylation is 1. The number of thioether (sulfide) groups is 1. The number of nitrogens with zero attached hydrogens (tertiary/aromatic N) is 4. The van der Waals surface area contributed by atoms with Crippen LogP contribution in [-0.4, -0.2) is 64.9 Å². The van der Waals surface area contributed by atoms with Crippen molar-refractivity contribution >= 4 is 40.0 Å². The van der Waals surface area contributed by atoms with Gasteiger partial charge in [0.15, 0.2) is 4.34 Å². The highest BCUT2D eigenvalue weighted by molar-refractivity contribution is 8.01. The molecule has 1 N–H and O–H groups in total. The van der Waals surface area contributed by atoms with Crippen molar-refractivity contribution in [3.05, 3.63) is 35.4 Å². The van der Waals surface area contributed by atoms with Gasteiger partial charge in [-0.3, -0.25) is 9.59 Å². The van der Waals surface area contributed by atoms with Crippen LogP contribution in [0.25, 0.3) is 0 Å². The summed E-state index contributed by atoms with van der Waals surface area (Å²) in [6, 6.07) is 8.48. The molecule has 0 bridgehead atoms. The minimum Gasteiger partial charge on any atom is -0.353 e. The van der Waals surface area contributed by atoms with E-state index in [0.29, 0.717) is 31.3 Å². The van der Waals surface area contributed by atoms with Crippen molar-refractivity contribution in [2.75, 3.05) is 36.8 Å². The Bertz CT molecular complexity index is 905. The number of amides is 2. The Labute approximate surface area is 191 Å². The molecule has 0 atom stereocenters. The Morgan fingerprint density at radius 1 is 1.16 bits per heavy atom. The molecule has 166 valence electrons. The van der Waals surface area contributed by atoms with Crippen molar-refractivity contribution in [3.63, 3.8) is 0 Å². The lowest BCUT2D eigenvalue weighted by atomic mass is 10.1. The fourth-order valence-corrected chi connectivity index (χ4v) is 5.81. The second kappa shape index (κ2) is 10.5. The van der Waals surface area contributed by atoms with Crippen molar-refractivity contribution in [1.29, 1.82) is 0 Å². The van der Waals surface area contributed by atoms with Crippen LogP contribution < -0.4 is 10.2 Å². The Hall–Kier alpha value is -2.13. The van der Waals surface area contributed by atoms with E-state index in [1.807, 2.05) is 30.0 Å². The van der Waals surface area contributed by atoms with E-state index in [-0.39, 0.29) is 11.8 Å². The molecule has 31 heavy (non-hydrogen) atoms. The number of piperazine rings is 1. The predicted octanol–water partition coefficient (Wildman–Crippen LogP) is 2.89. The molecule has 1 aromatic carbocycles. The van der Waals surface area contributed by atoms with Crippen molar-refractivity contribution in [3.8, 4) is 0 Å². The van der Waals surface area contributed by atoms with Gasteiger partial charge in [-0.25, -0.2) is 0 Å². The highest BCUT2D eigenvalue weighted by Crippen LogP contribution is 2.29. The van der Waals surface area contributed by atoms with E-state index in [1.54, 1.807) is 0 Å². The molecule has 1 aliphatic carbocycles. The molecule has 7 nitrogen and oxygen atoms in total. The van der Waals surface area contributed by atoms with Crippen LogP contribution in [0, 0.1) is 6.92 Å². The van der Waals surface area contributed by atoms with E-state index in [9.17, 15) is 9.59 Å². The molecule has 1 aromatic heterocycles. The van der Waals surface area contributed by atoms with E-state index in [4.69, 9.17) is 0 Å². The summed E-state index contributed by atoms with van der Waals surface area (Å²) in [5.41, 5.74) is 2.24. The second-order valence-corrected chi connectivity index (χ2v) is 10.4. The maximum Gasteiger partial charge on any atom is 0.230 e. The van der Waals surface area contributed by atoms with Gasteiger partial charge < -0.3 is 15.1 Å². The first kappa shape index (κ1) is 22.1. The van der Waals surface area contributed by atoms with Gasteiger partial charge in [0.1, 0.15) is 0 Å². The minimum atomic E-state index is 0.0781. The molecule has 4 rings (SSSR count). The number of carbonyl (C=O) groups is 2. The highest BCUT2D eigenvalue weighted by Gasteiger charge is 2.24. The number of aromatic nitrogens is 2. The van der Waals surface area contributed by atoms with Crippen LogP contribution in [0.1, 0.15) is 36.8 Å². The van der Waals surface area contributed by atoms with E-state index < -0.39 is 0 Å². The summed E-state index contributed by atoms with van der Waals surface area (Å²) in [6.07, 6.45) is 5.06. The normalized spacial score (nSPS) is 17.2. The number of hydrogen-bond acceptors (Lipinski definition) is 7. The average molecular weight is 460 g/mol. The van der Waals surface area contributed by atoms with Gasteiger partial charge in [0.2, 0.25) is 16.9 Å². The first-order chi connectivity index (χ1) is 15.1. The third-order valence-electron chi connectivity index (χ3n) is 5.78. The fraction of sp³-hybridized carbons (Fsp3) is 0.545. The summed E-state index contributed by atoms with van der Waals surface area (Å²) in [7, 11) is 0. The topological polar surface area (TPSA) is 78.4 Å². The summed E-state index contributed by atoms with van der Waals surface area (Å²) in [6.45, 7) is 4.93. The van der Waals surface area contributed by atoms with Crippen molar-refractivity contribution in [2.24, 2.45) is 0 Å². The third kappa shape index (κ3) is 6.20. The number of hydrogen-bond donors (Lipinski definition) is 1. The van der Waals surface area contributed by atoms with Gasteiger partial charge in [-0.05, 0) is 25.3 Å². The van der Waals surface area contributed by atoms with Crippen LogP contribution in [0.15, 0.2) is 28.6 Å². The first-order valence-electron chi connectivity index (χ1n) is 10.9. The number of carbonyl (C=O) groups excluding carboxylic acids is 2. The molecule has 1 aliphatic heterocycles. The van der Waals surface area contributed by atoms with Crippen LogP contribution in [0.4, 0.5) is 5.13 Å². The first-order valence-corrected chi connectivity index (χ1v) is 12.7. The monoisotopic (exact) mass is 459 g/mol. The van der Waals surface area contributed by atoms with Crippen LogP contribution in [0.5, 0.6) is 0 Å². The van der Waals surface area contributed by atoms with Crippen LogP contribution in [-0.2, 0) is 16.0 Å². The largest absolute Gasteiger partial charge is 0.353 e. The van der Waals surface area contributed by atoms with Gasteiger partial charge in [-0.1, -0.05) is 65.8 Å². The van der Waals surface area contributed by atoms with Gasteiger partial charge in [0, 0.05) is 32.2 Å². The van der Waals surface area contributed by atoms with Crippen LogP contribution in [0.2, 0.25) is 0 Å². The number of benzene rings is 1. The van der Waals surface area contributed by atoms with Crippen LogP contribution in [0.3, 0.4) is 0 Å². The number of nitrogens with one attached hydrogen (secondary N) is 1. The summed E-state index contributed by atoms with van der Waals surface area (Å²) in [5, 5.41) is 12.5. The van der Waals surface area contributed by atoms with Gasteiger partial charge >= 0.3 is 0 Å². The van der Waals surface area contributed by atoms with E-state index in [1.165, 1.54) is 41.5 Å². The summed E-state index contributed by atoms with van der Waals surface area (Å²) < 4.78 is 0.814. The Morgan fingerprint density at radius 3 is 2.68 bits per heavy atom. The summed E-state index contributed by atoms with van der Waals surface area (Å²) in [5.74, 6) is 0.633. The Morgan fingerprint density at radius 2 is 1.94 bits per heavy atom. The zero-order valence-electron chi connectivity index (χ0n) is 17.9. The lowest BCUT2D eigenvalue weighted by molar-refractivity contribution is -0.130. The smallest absolute Gasteiger partial charge is 0.230 e. The molecular formula is C22H29N5O2S2. The lowest BCUT2D eigenvalue weighted by Gasteiger charge is -2.34. The second-order valence-electron chi connectivity index (χ2n) is 8.22. The molecule has 0 radical (unpaired) electrons. The highest BCUT2D eigenvalue weighted by atomic mass is 32.2. The molecule has 2 aromatic rings.